The summed E-state index contributed by atoms with van der Waals surface area (Å²) in [6, 6.07) is 8.76. The molecule has 0 saturated carbocycles. The summed E-state index contributed by atoms with van der Waals surface area (Å²) in [5.41, 5.74) is 0.562. The minimum Gasteiger partial charge on any atom is -0.481 e. The van der Waals surface area contributed by atoms with Crippen LogP contribution in [0.1, 0.15) is 25.3 Å². The van der Waals surface area contributed by atoms with Gasteiger partial charge >= 0.3 is 0 Å². The van der Waals surface area contributed by atoms with Crippen molar-refractivity contribution in [3.63, 3.8) is 0 Å². The van der Waals surface area contributed by atoms with Gasteiger partial charge < -0.3 is 14.7 Å². The predicted octanol–water partition coefficient (Wildman–Crippen LogP) is 1.56. The van der Waals surface area contributed by atoms with Crippen LogP contribution < -0.4 is 4.74 Å². The van der Waals surface area contributed by atoms with Gasteiger partial charge in [-0.3, -0.25) is 4.79 Å². The summed E-state index contributed by atoms with van der Waals surface area (Å²) >= 11 is 0. The second-order valence-corrected chi connectivity index (χ2v) is 5.35. The van der Waals surface area contributed by atoms with E-state index >= 15 is 0 Å². The first-order chi connectivity index (χ1) is 10.1. The molecule has 1 aliphatic rings. The van der Waals surface area contributed by atoms with E-state index in [0.29, 0.717) is 30.3 Å². The fourth-order valence-corrected chi connectivity index (χ4v) is 2.46. The summed E-state index contributed by atoms with van der Waals surface area (Å²) in [4.78, 5) is 14.1. The lowest BCUT2D eigenvalue weighted by Gasteiger charge is -2.32. The molecule has 1 unspecified atom stereocenters. The second-order valence-electron chi connectivity index (χ2n) is 5.35. The van der Waals surface area contributed by atoms with Crippen LogP contribution in [0, 0.1) is 17.2 Å². The maximum absolute atomic E-state index is 12.3. The maximum atomic E-state index is 12.3. The number of ether oxygens (including phenoxy) is 1. The van der Waals surface area contributed by atoms with Gasteiger partial charge in [0.1, 0.15) is 5.75 Å². The summed E-state index contributed by atoms with van der Waals surface area (Å²) in [5, 5.41) is 17.9. The van der Waals surface area contributed by atoms with Crippen molar-refractivity contribution >= 4 is 5.91 Å². The number of hydrogen-bond acceptors (Lipinski definition) is 4. The van der Waals surface area contributed by atoms with Crippen molar-refractivity contribution in [2.75, 3.05) is 19.7 Å². The van der Waals surface area contributed by atoms with Crippen LogP contribution in [0.5, 0.6) is 5.75 Å². The average molecular weight is 288 g/mol. The van der Waals surface area contributed by atoms with Crippen LogP contribution in [0.15, 0.2) is 24.3 Å². The summed E-state index contributed by atoms with van der Waals surface area (Å²) in [6.07, 6.45) is 1.13. The summed E-state index contributed by atoms with van der Waals surface area (Å²) in [5.74, 6) is 0.861. The third kappa shape index (κ3) is 3.96. The number of benzene rings is 1. The number of likely N-dealkylation sites (tertiary alicyclic amines) is 1. The molecule has 0 radical (unpaired) electrons. The zero-order valence-electron chi connectivity index (χ0n) is 12.2. The number of amides is 1. The smallest absolute Gasteiger partial charge is 0.263 e. The molecular formula is C16H20N2O3. The molecular weight excluding hydrogens is 268 g/mol. The topological polar surface area (TPSA) is 73.6 Å². The molecule has 1 N–H and O–H groups in total. The van der Waals surface area contributed by atoms with Gasteiger partial charge in [-0.2, -0.15) is 5.26 Å². The van der Waals surface area contributed by atoms with E-state index in [1.807, 2.05) is 6.07 Å². The van der Waals surface area contributed by atoms with Crippen molar-refractivity contribution in [2.45, 2.75) is 25.9 Å². The van der Waals surface area contributed by atoms with E-state index in [1.165, 1.54) is 0 Å². The molecule has 0 aromatic heterocycles. The Balaban J connectivity index is 1.89. The van der Waals surface area contributed by atoms with Gasteiger partial charge in [0, 0.05) is 19.7 Å². The van der Waals surface area contributed by atoms with Crippen molar-refractivity contribution < 1.29 is 14.6 Å². The summed E-state index contributed by atoms with van der Waals surface area (Å²) < 4.78 is 5.63. The maximum Gasteiger partial charge on any atom is 0.263 e. The van der Waals surface area contributed by atoms with Gasteiger partial charge in [0.15, 0.2) is 6.10 Å². The molecule has 1 heterocycles. The van der Waals surface area contributed by atoms with Gasteiger partial charge in [-0.25, -0.2) is 0 Å². The number of nitriles is 1. The van der Waals surface area contributed by atoms with Crippen molar-refractivity contribution in [1.82, 2.24) is 4.90 Å². The van der Waals surface area contributed by atoms with Crippen molar-refractivity contribution in [1.29, 1.82) is 5.26 Å². The molecule has 1 atom stereocenters. The van der Waals surface area contributed by atoms with Crippen LogP contribution in [0.2, 0.25) is 0 Å². The van der Waals surface area contributed by atoms with Crippen LogP contribution in [-0.2, 0) is 4.79 Å². The minimum absolute atomic E-state index is 0.0317. The van der Waals surface area contributed by atoms with Crippen molar-refractivity contribution in [2.24, 2.45) is 5.92 Å². The minimum atomic E-state index is -0.552. The molecule has 5 heteroatoms. The van der Waals surface area contributed by atoms with E-state index in [4.69, 9.17) is 15.1 Å². The highest BCUT2D eigenvalue weighted by Crippen LogP contribution is 2.19. The lowest BCUT2D eigenvalue weighted by molar-refractivity contribution is -0.139. The molecule has 0 bridgehead atoms. The number of nitrogens with zero attached hydrogens (tertiary/aromatic N) is 2. The highest BCUT2D eigenvalue weighted by molar-refractivity contribution is 5.81. The molecule has 21 heavy (non-hydrogen) atoms. The summed E-state index contributed by atoms with van der Waals surface area (Å²) in [6.45, 7) is 3.27. The quantitative estimate of drug-likeness (QED) is 0.912. The fourth-order valence-electron chi connectivity index (χ4n) is 2.46. The van der Waals surface area contributed by atoms with Gasteiger partial charge in [0.25, 0.3) is 5.91 Å². The average Bonchev–Trinajstić information content (AvgIpc) is 2.55. The van der Waals surface area contributed by atoms with E-state index in [9.17, 15) is 4.79 Å². The van der Waals surface area contributed by atoms with Crippen LogP contribution in [0.3, 0.4) is 0 Å². The number of carbonyl (C=O) groups excluding carboxylic acids is 1. The molecule has 5 nitrogen and oxygen atoms in total. The summed E-state index contributed by atoms with van der Waals surface area (Å²) in [7, 11) is 0. The Morgan fingerprint density at radius 3 is 2.57 bits per heavy atom. The Morgan fingerprint density at radius 2 is 2.05 bits per heavy atom. The zero-order chi connectivity index (χ0) is 15.2. The SMILES string of the molecule is CC(Oc1ccc(C#N)cc1)C(=O)N1CCC(CO)CC1. The van der Waals surface area contributed by atoms with Crippen LogP contribution in [-0.4, -0.2) is 41.7 Å². The van der Waals surface area contributed by atoms with E-state index in [-0.39, 0.29) is 12.5 Å². The van der Waals surface area contributed by atoms with Gasteiger partial charge in [0.2, 0.25) is 0 Å². The monoisotopic (exact) mass is 288 g/mol. The molecule has 1 fully saturated rings. The Hall–Kier alpha value is -2.06. The van der Waals surface area contributed by atoms with Crippen LogP contribution in [0.25, 0.3) is 0 Å². The Kier molecular flexibility index (Phi) is 5.18. The van der Waals surface area contributed by atoms with Gasteiger partial charge in [0.05, 0.1) is 11.6 Å². The number of aliphatic hydroxyl groups is 1. The van der Waals surface area contributed by atoms with E-state index < -0.39 is 6.10 Å². The van der Waals surface area contributed by atoms with Crippen molar-refractivity contribution in [3.05, 3.63) is 29.8 Å². The van der Waals surface area contributed by atoms with E-state index in [1.54, 1.807) is 36.1 Å². The highest BCUT2D eigenvalue weighted by atomic mass is 16.5. The van der Waals surface area contributed by atoms with Gasteiger partial charge in [-0.05, 0) is 49.9 Å². The largest absolute Gasteiger partial charge is 0.481 e. The highest BCUT2D eigenvalue weighted by Gasteiger charge is 2.26. The predicted molar refractivity (Wildman–Crippen MR) is 77.6 cm³/mol. The normalized spacial score (nSPS) is 17.1. The first-order valence-corrected chi connectivity index (χ1v) is 7.20. The molecule has 0 aliphatic carbocycles. The van der Waals surface area contributed by atoms with E-state index in [0.717, 1.165) is 12.8 Å². The lowest BCUT2D eigenvalue weighted by atomic mass is 9.97. The molecule has 1 aromatic carbocycles. The van der Waals surface area contributed by atoms with Crippen molar-refractivity contribution in [3.8, 4) is 11.8 Å². The Morgan fingerprint density at radius 1 is 1.43 bits per heavy atom. The molecule has 1 aliphatic heterocycles. The number of carbonyl (C=O) groups is 1. The molecule has 1 saturated heterocycles. The Bertz CT molecular complexity index is 513. The van der Waals surface area contributed by atoms with Gasteiger partial charge in [-0.15, -0.1) is 0 Å². The fraction of sp³-hybridized carbons (Fsp3) is 0.500. The molecule has 112 valence electrons. The first kappa shape index (κ1) is 15.3. The number of hydrogen-bond donors (Lipinski definition) is 1. The van der Waals surface area contributed by atoms with Crippen LogP contribution >= 0.6 is 0 Å². The first-order valence-electron chi connectivity index (χ1n) is 7.20. The molecule has 1 amide bonds. The Labute approximate surface area is 124 Å². The number of rotatable bonds is 4. The number of piperidine rings is 1. The van der Waals surface area contributed by atoms with E-state index in [2.05, 4.69) is 0 Å². The molecule has 0 spiro atoms. The standard InChI is InChI=1S/C16H20N2O3/c1-12(21-15-4-2-13(10-17)3-5-15)16(20)18-8-6-14(11-19)7-9-18/h2-5,12,14,19H,6-9,11H2,1H3. The second kappa shape index (κ2) is 7.09. The third-order valence-electron chi connectivity index (χ3n) is 3.83. The van der Waals surface area contributed by atoms with Gasteiger partial charge in [-0.1, -0.05) is 0 Å². The van der Waals surface area contributed by atoms with Crippen LogP contribution in [0.4, 0.5) is 0 Å². The molecule has 2 rings (SSSR count). The molecule has 1 aromatic rings. The third-order valence-corrected chi connectivity index (χ3v) is 3.83. The number of aliphatic hydroxyl groups excluding tert-OH is 1. The zero-order valence-corrected chi connectivity index (χ0v) is 12.2. The lowest BCUT2D eigenvalue weighted by Crippen LogP contribution is -2.45.